The molecular formula is C21H19ClN4OS2. The van der Waals surface area contributed by atoms with Crippen LogP contribution in [-0.2, 0) is 0 Å². The SMILES string of the molecule is Cc1ccc(SC2CSc3[nH]c(=O)c4cn[nH]c4[n+]3C2c2ccccc2)cc1.[Cl-]. The van der Waals surface area contributed by atoms with Crippen LogP contribution in [0.15, 0.2) is 75.6 Å². The number of benzene rings is 2. The summed E-state index contributed by atoms with van der Waals surface area (Å²) in [7, 11) is 0. The van der Waals surface area contributed by atoms with E-state index in [-0.39, 0.29) is 24.0 Å². The Morgan fingerprint density at radius 1 is 1.14 bits per heavy atom. The van der Waals surface area contributed by atoms with E-state index in [1.165, 1.54) is 16.0 Å². The minimum atomic E-state index is -0.0982. The number of rotatable bonds is 3. The van der Waals surface area contributed by atoms with Gasteiger partial charge < -0.3 is 12.4 Å². The number of thioether (sulfide) groups is 2. The van der Waals surface area contributed by atoms with Crippen LogP contribution in [0.3, 0.4) is 0 Å². The Labute approximate surface area is 182 Å². The third-order valence-corrected chi connectivity index (χ3v) is 7.59. The van der Waals surface area contributed by atoms with Gasteiger partial charge in [-0.1, -0.05) is 59.8 Å². The van der Waals surface area contributed by atoms with Gasteiger partial charge in [0.15, 0.2) is 5.39 Å². The molecule has 2 atom stereocenters. The molecule has 29 heavy (non-hydrogen) atoms. The smallest absolute Gasteiger partial charge is 0.320 e. The number of aromatic amines is 2. The van der Waals surface area contributed by atoms with Crippen molar-refractivity contribution >= 4 is 34.6 Å². The molecule has 0 saturated heterocycles. The summed E-state index contributed by atoms with van der Waals surface area (Å²) in [6, 6.07) is 19.3. The largest absolute Gasteiger partial charge is 1.00 e. The summed E-state index contributed by atoms with van der Waals surface area (Å²) in [5.74, 6) is 0.910. The Balaban J connectivity index is 0.00000205. The lowest BCUT2D eigenvalue weighted by Crippen LogP contribution is -3.00. The second-order valence-electron chi connectivity index (χ2n) is 6.90. The first-order valence-corrected chi connectivity index (χ1v) is 11.0. The molecule has 0 radical (unpaired) electrons. The molecule has 5 nitrogen and oxygen atoms in total. The van der Waals surface area contributed by atoms with Crippen LogP contribution in [0.2, 0.25) is 0 Å². The van der Waals surface area contributed by atoms with Gasteiger partial charge in [-0.3, -0.25) is 4.79 Å². The van der Waals surface area contributed by atoms with Crippen LogP contribution in [0.25, 0.3) is 11.0 Å². The third kappa shape index (κ3) is 3.70. The van der Waals surface area contributed by atoms with E-state index in [1.54, 1.807) is 18.0 Å². The second kappa shape index (κ2) is 8.26. The minimum Gasteiger partial charge on any atom is -1.00 e. The maximum atomic E-state index is 12.4. The number of aromatic nitrogens is 4. The highest BCUT2D eigenvalue weighted by atomic mass is 35.5. The van der Waals surface area contributed by atoms with Gasteiger partial charge in [0.25, 0.3) is 10.8 Å². The van der Waals surface area contributed by atoms with Crippen molar-refractivity contribution in [3.63, 3.8) is 0 Å². The van der Waals surface area contributed by atoms with Crippen molar-refractivity contribution in [1.29, 1.82) is 0 Å². The van der Waals surface area contributed by atoms with Gasteiger partial charge in [-0.05, 0) is 24.6 Å². The number of nitrogens with zero attached hydrogens (tertiary/aromatic N) is 2. The van der Waals surface area contributed by atoms with Gasteiger partial charge in [0, 0.05) is 10.6 Å². The Kier molecular flexibility index (Phi) is 5.72. The second-order valence-corrected chi connectivity index (χ2v) is 9.22. The molecule has 2 unspecified atom stereocenters. The Morgan fingerprint density at radius 2 is 1.90 bits per heavy atom. The van der Waals surface area contributed by atoms with E-state index in [4.69, 9.17) is 0 Å². The van der Waals surface area contributed by atoms with E-state index in [1.807, 2.05) is 17.8 Å². The van der Waals surface area contributed by atoms with E-state index in [0.717, 1.165) is 16.6 Å². The quantitative estimate of drug-likeness (QED) is 0.362. The highest BCUT2D eigenvalue weighted by molar-refractivity contribution is 8.03. The van der Waals surface area contributed by atoms with Crippen molar-refractivity contribution in [1.82, 2.24) is 15.2 Å². The molecule has 3 heterocycles. The lowest BCUT2D eigenvalue weighted by Gasteiger charge is -2.31. The third-order valence-electron chi connectivity index (χ3n) is 5.01. The van der Waals surface area contributed by atoms with E-state index < -0.39 is 0 Å². The predicted molar refractivity (Wildman–Crippen MR) is 113 cm³/mol. The minimum absolute atomic E-state index is 0. The number of fused-ring (bicyclic) bond motifs is 3. The maximum absolute atomic E-state index is 12.4. The molecule has 0 bridgehead atoms. The van der Waals surface area contributed by atoms with Crippen molar-refractivity contribution in [2.24, 2.45) is 0 Å². The summed E-state index contributed by atoms with van der Waals surface area (Å²) in [6.45, 7) is 2.11. The van der Waals surface area contributed by atoms with Crippen molar-refractivity contribution in [2.45, 2.75) is 28.3 Å². The lowest BCUT2D eigenvalue weighted by atomic mass is 10.0. The van der Waals surface area contributed by atoms with Gasteiger partial charge in [-0.15, -0.1) is 16.9 Å². The van der Waals surface area contributed by atoms with Gasteiger partial charge >= 0.3 is 5.56 Å². The number of hydrogen-bond donors (Lipinski definition) is 2. The molecule has 0 aliphatic carbocycles. The highest BCUT2D eigenvalue weighted by Crippen LogP contribution is 2.39. The molecule has 0 spiro atoms. The van der Waals surface area contributed by atoms with E-state index in [9.17, 15) is 4.79 Å². The lowest BCUT2D eigenvalue weighted by molar-refractivity contribution is -0.731. The zero-order valence-corrected chi connectivity index (χ0v) is 18.0. The van der Waals surface area contributed by atoms with Crippen molar-refractivity contribution < 1.29 is 17.0 Å². The zero-order valence-electron chi connectivity index (χ0n) is 15.6. The average Bonchev–Trinajstić information content (AvgIpc) is 3.21. The van der Waals surface area contributed by atoms with Crippen LogP contribution in [0.1, 0.15) is 17.2 Å². The van der Waals surface area contributed by atoms with Crippen LogP contribution in [0.4, 0.5) is 0 Å². The van der Waals surface area contributed by atoms with Gasteiger partial charge in [-0.2, -0.15) is 5.10 Å². The average molecular weight is 443 g/mol. The molecule has 0 fully saturated rings. The van der Waals surface area contributed by atoms with Gasteiger partial charge in [0.2, 0.25) is 0 Å². The molecular weight excluding hydrogens is 424 g/mol. The number of aryl methyl sites for hydroxylation is 1. The number of halogens is 1. The normalized spacial score (nSPS) is 18.2. The Hall–Kier alpha value is -2.22. The van der Waals surface area contributed by atoms with Gasteiger partial charge in [-0.25, -0.2) is 9.55 Å². The molecule has 2 N–H and O–H groups in total. The first-order valence-electron chi connectivity index (χ1n) is 9.12. The first-order chi connectivity index (χ1) is 13.7. The van der Waals surface area contributed by atoms with Crippen LogP contribution >= 0.6 is 23.5 Å². The molecule has 1 aliphatic heterocycles. The predicted octanol–water partition coefficient (Wildman–Crippen LogP) is 0.707. The maximum Gasteiger partial charge on any atom is 0.320 e. The monoisotopic (exact) mass is 442 g/mol. The highest BCUT2D eigenvalue weighted by Gasteiger charge is 2.38. The van der Waals surface area contributed by atoms with E-state index >= 15 is 0 Å². The van der Waals surface area contributed by atoms with Crippen molar-refractivity contribution in [3.8, 4) is 0 Å². The Bertz CT molecular complexity index is 1190. The van der Waals surface area contributed by atoms with E-state index in [0.29, 0.717) is 10.6 Å². The summed E-state index contributed by atoms with van der Waals surface area (Å²) >= 11 is 3.58. The summed E-state index contributed by atoms with van der Waals surface area (Å²) in [5, 5.41) is 8.96. The topological polar surface area (TPSA) is 65.4 Å². The first kappa shape index (κ1) is 20.1. The number of nitrogens with one attached hydrogen (secondary N) is 2. The van der Waals surface area contributed by atoms with Crippen LogP contribution < -0.4 is 22.5 Å². The standard InChI is InChI=1S/C21H18N4OS2.ClH/c1-13-7-9-15(10-8-13)28-17-12-27-21-23-20(26)16-11-22-24-19(16)25(21)18(17)14-5-3-2-4-6-14;/h2-11,17-18H,12H2,1H3,(H,22,24,26);1H. The van der Waals surface area contributed by atoms with Gasteiger partial charge in [0.1, 0.15) is 6.04 Å². The molecule has 5 rings (SSSR count). The molecule has 0 amide bonds. The summed E-state index contributed by atoms with van der Waals surface area (Å²) in [6.07, 6.45) is 1.60. The van der Waals surface area contributed by atoms with Crippen LogP contribution in [-0.4, -0.2) is 26.2 Å². The summed E-state index contributed by atoms with van der Waals surface area (Å²) < 4.78 is 2.21. The van der Waals surface area contributed by atoms with Crippen molar-refractivity contribution in [2.75, 3.05) is 5.75 Å². The zero-order chi connectivity index (χ0) is 19.1. The molecule has 2 aromatic carbocycles. The molecule has 0 saturated carbocycles. The fourth-order valence-corrected chi connectivity index (χ4v) is 6.19. The molecule has 4 aromatic rings. The van der Waals surface area contributed by atoms with E-state index in [2.05, 4.69) is 75.2 Å². The van der Waals surface area contributed by atoms with Crippen LogP contribution in [0.5, 0.6) is 0 Å². The molecule has 2 aromatic heterocycles. The summed E-state index contributed by atoms with van der Waals surface area (Å²) in [5.41, 5.74) is 3.16. The Morgan fingerprint density at radius 3 is 2.66 bits per heavy atom. The summed E-state index contributed by atoms with van der Waals surface area (Å²) in [4.78, 5) is 16.7. The van der Waals surface area contributed by atoms with Crippen molar-refractivity contribution in [3.05, 3.63) is 82.3 Å². The molecule has 8 heteroatoms. The van der Waals surface area contributed by atoms with Crippen LogP contribution in [0, 0.1) is 6.92 Å². The fraction of sp³-hybridized carbons (Fsp3) is 0.190. The molecule has 1 aliphatic rings. The number of hydrogen-bond acceptors (Lipinski definition) is 4. The number of H-pyrrole nitrogens is 2. The van der Waals surface area contributed by atoms with Gasteiger partial charge in [0.05, 0.1) is 11.4 Å². The molecule has 148 valence electrons. The fourth-order valence-electron chi connectivity index (χ4n) is 3.65.